The van der Waals surface area contributed by atoms with Gasteiger partial charge in [0.05, 0.1) is 18.6 Å². The lowest BCUT2D eigenvalue weighted by molar-refractivity contribution is -0.114. The van der Waals surface area contributed by atoms with Crippen LogP contribution in [-0.2, 0) is 10.5 Å². The van der Waals surface area contributed by atoms with Gasteiger partial charge < -0.3 is 20.7 Å². The number of ether oxygens (including phenoxy) is 1. The molecular weight excluding hydrogens is 250 g/mol. The van der Waals surface area contributed by atoms with Gasteiger partial charge in [0.1, 0.15) is 24.1 Å². The second-order valence-electron chi connectivity index (χ2n) is 4.62. The molecule has 8 heteroatoms. The van der Waals surface area contributed by atoms with Gasteiger partial charge in [-0.15, -0.1) is 0 Å². The Balaban J connectivity index is 2.20. The molecule has 2 aromatic rings. The number of hydrogen-bond acceptors (Lipinski definition) is 7. The predicted molar refractivity (Wildman–Crippen MR) is 65.1 cm³/mol. The molecule has 102 valence electrons. The van der Waals surface area contributed by atoms with E-state index in [9.17, 15) is 10.2 Å². The Morgan fingerprint density at radius 3 is 2.89 bits per heavy atom. The molecule has 1 aliphatic heterocycles. The zero-order valence-corrected chi connectivity index (χ0v) is 10.4. The molecule has 0 aromatic carbocycles. The molecule has 19 heavy (non-hydrogen) atoms. The van der Waals surface area contributed by atoms with Crippen molar-refractivity contribution in [2.45, 2.75) is 24.9 Å². The Morgan fingerprint density at radius 2 is 2.26 bits per heavy atom. The van der Waals surface area contributed by atoms with Crippen molar-refractivity contribution < 1.29 is 14.9 Å². The molecule has 4 N–H and O–H groups in total. The fraction of sp³-hybridized carbons (Fsp3) is 0.545. The fourth-order valence-corrected chi connectivity index (χ4v) is 2.43. The maximum absolute atomic E-state index is 10.2. The molecule has 0 aliphatic carbocycles. The van der Waals surface area contributed by atoms with Gasteiger partial charge in [0.2, 0.25) is 0 Å². The van der Waals surface area contributed by atoms with Crippen molar-refractivity contribution in [1.29, 1.82) is 0 Å². The average molecular weight is 265 g/mol. The molecule has 3 atom stereocenters. The number of nitrogens with two attached hydrogens (primary N) is 1. The average Bonchev–Trinajstić information content (AvgIpc) is 2.96. The molecule has 2 aromatic heterocycles. The minimum Gasteiger partial charge on any atom is -0.388 e. The maximum Gasteiger partial charge on any atom is 0.188 e. The van der Waals surface area contributed by atoms with Gasteiger partial charge in [-0.2, -0.15) is 0 Å². The van der Waals surface area contributed by atoms with Gasteiger partial charge in [0, 0.05) is 6.54 Å². The number of aliphatic hydroxyl groups excluding tert-OH is 2. The summed E-state index contributed by atoms with van der Waals surface area (Å²) in [6.45, 7) is 1.83. The number of aryl methyl sites for hydroxylation is 1. The van der Waals surface area contributed by atoms with Crippen molar-refractivity contribution in [3.63, 3.8) is 0 Å². The lowest BCUT2D eigenvalue weighted by Gasteiger charge is -2.31. The molecule has 1 fully saturated rings. The van der Waals surface area contributed by atoms with Crippen LogP contribution in [-0.4, -0.2) is 55.1 Å². The maximum atomic E-state index is 10.2. The molecule has 0 radical (unpaired) electrons. The van der Waals surface area contributed by atoms with Gasteiger partial charge in [-0.25, -0.2) is 15.0 Å². The zero-order valence-electron chi connectivity index (χ0n) is 10.4. The Labute approximate surface area is 108 Å². The minimum absolute atomic E-state index is 0.000261. The second-order valence-corrected chi connectivity index (χ2v) is 4.62. The van der Waals surface area contributed by atoms with E-state index in [1.807, 2.05) is 6.92 Å². The molecular formula is C11H15N5O3. The van der Waals surface area contributed by atoms with Crippen LogP contribution in [0.3, 0.4) is 0 Å². The summed E-state index contributed by atoms with van der Waals surface area (Å²) in [6.07, 6.45) is 0.798. The molecule has 0 unspecified atom stereocenters. The topological polar surface area (TPSA) is 119 Å². The van der Waals surface area contributed by atoms with Crippen LogP contribution in [0.1, 0.15) is 5.69 Å². The van der Waals surface area contributed by atoms with Crippen LogP contribution < -0.4 is 5.73 Å². The van der Waals surface area contributed by atoms with Crippen LogP contribution in [0, 0.1) is 6.92 Å². The van der Waals surface area contributed by atoms with Crippen LogP contribution in [0.4, 0.5) is 0 Å². The van der Waals surface area contributed by atoms with Gasteiger partial charge in [-0.1, -0.05) is 0 Å². The number of aromatic nitrogens is 4. The van der Waals surface area contributed by atoms with Gasteiger partial charge in [0.25, 0.3) is 0 Å². The number of fused-ring (bicyclic) bond motifs is 1. The van der Waals surface area contributed by atoms with Gasteiger partial charge in [-0.05, 0) is 6.92 Å². The van der Waals surface area contributed by atoms with E-state index in [0.717, 1.165) is 5.69 Å². The van der Waals surface area contributed by atoms with E-state index < -0.39 is 17.9 Å². The van der Waals surface area contributed by atoms with Gasteiger partial charge in [-0.3, -0.25) is 4.57 Å². The summed E-state index contributed by atoms with van der Waals surface area (Å²) >= 11 is 0. The van der Waals surface area contributed by atoms with Crippen molar-refractivity contribution in [1.82, 2.24) is 19.5 Å². The van der Waals surface area contributed by atoms with Crippen LogP contribution >= 0.6 is 0 Å². The number of hydrogen-bond donors (Lipinski definition) is 3. The highest BCUT2D eigenvalue weighted by atomic mass is 16.6. The second kappa shape index (κ2) is 4.20. The highest BCUT2D eigenvalue weighted by molar-refractivity contribution is 5.73. The van der Waals surface area contributed by atoms with Crippen LogP contribution in [0.15, 0.2) is 12.7 Å². The smallest absolute Gasteiger partial charge is 0.188 e. The molecule has 0 bridgehead atoms. The number of imidazole rings is 1. The quantitative estimate of drug-likeness (QED) is 0.604. The van der Waals surface area contributed by atoms with Crippen molar-refractivity contribution in [3.8, 4) is 0 Å². The van der Waals surface area contributed by atoms with E-state index in [4.69, 9.17) is 10.5 Å². The molecule has 3 heterocycles. The first-order valence-corrected chi connectivity index (χ1v) is 5.95. The standard InChI is InChI=1S/C11H15N5O3/c1-6-8-10(14-4-13-6)16(5-15-8)11(3-12)9(18)7(17)2-19-11/h4-5,7,9,17-18H,2-3,12H2,1H3/t7-,9-,11-/m0/s1. The fourth-order valence-electron chi connectivity index (χ4n) is 2.43. The van der Waals surface area contributed by atoms with Crippen molar-refractivity contribution in [3.05, 3.63) is 18.3 Å². The third-order valence-corrected chi connectivity index (χ3v) is 3.55. The van der Waals surface area contributed by atoms with E-state index in [0.29, 0.717) is 11.2 Å². The zero-order chi connectivity index (χ0) is 13.6. The Bertz CT molecular complexity index is 615. The molecule has 1 saturated heterocycles. The van der Waals surface area contributed by atoms with Crippen LogP contribution in [0.2, 0.25) is 0 Å². The largest absolute Gasteiger partial charge is 0.388 e. The highest BCUT2D eigenvalue weighted by Crippen LogP contribution is 2.33. The Kier molecular flexibility index (Phi) is 2.75. The first-order valence-electron chi connectivity index (χ1n) is 5.95. The number of aliphatic hydroxyl groups is 2. The molecule has 8 nitrogen and oxygen atoms in total. The molecule has 0 amide bonds. The SMILES string of the molecule is Cc1ncnc2c1ncn2[C@@]1(CN)OC[C@H](O)[C@@H]1O. The van der Waals surface area contributed by atoms with Crippen LogP contribution in [0.5, 0.6) is 0 Å². The summed E-state index contributed by atoms with van der Waals surface area (Å²) in [5, 5.41) is 19.9. The summed E-state index contributed by atoms with van der Waals surface area (Å²) in [4.78, 5) is 12.4. The lowest BCUT2D eigenvalue weighted by atomic mass is 10.0. The Hall–Kier alpha value is -1.61. The summed E-state index contributed by atoms with van der Waals surface area (Å²) in [7, 11) is 0. The van der Waals surface area contributed by atoms with E-state index in [2.05, 4.69) is 15.0 Å². The van der Waals surface area contributed by atoms with Gasteiger partial charge in [0.15, 0.2) is 11.4 Å². The summed E-state index contributed by atoms with van der Waals surface area (Å²) in [5.74, 6) is 0. The monoisotopic (exact) mass is 265 g/mol. The van der Waals surface area contributed by atoms with Crippen molar-refractivity contribution in [2.75, 3.05) is 13.2 Å². The van der Waals surface area contributed by atoms with Crippen LogP contribution in [0.25, 0.3) is 11.2 Å². The lowest BCUT2D eigenvalue weighted by Crippen LogP contribution is -2.50. The van der Waals surface area contributed by atoms with E-state index in [-0.39, 0.29) is 13.2 Å². The van der Waals surface area contributed by atoms with E-state index in [1.165, 1.54) is 12.7 Å². The van der Waals surface area contributed by atoms with Crippen molar-refractivity contribution in [2.24, 2.45) is 5.73 Å². The summed E-state index contributed by atoms with van der Waals surface area (Å²) in [6, 6.07) is 0. The van der Waals surface area contributed by atoms with E-state index in [1.54, 1.807) is 4.57 Å². The normalized spacial score (nSPS) is 31.2. The number of nitrogens with zero attached hydrogens (tertiary/aromatic N) is 4. The van der Waals surface area contributed by atoms with E-state index >= 15 is 0 Å². The molecule has 1 aliphatic rings. The first-order chi connectivity index (χ1) is 9.10. The summed E-state index contributed by atoms with van der Waals surface area (Å²) < 4.78 is 7.11. The number of rotatable bonds is 2. The third kappa shape index (κ3) is 1.58. The third-order valence-electron chi connectivity index (χ3n) is 3.55. The molecule has 0 spiro atoms. The van der Waals surface area contributed by atoms with Crippen molar-refractivity contribution >= 4 is 11.2 Å². The molecule has 3 rings (SSSR count). The summed E-state index contributed by atoms with van der Waals surface area (Å²) in [5.41, 5.74) is 6.38. The van der Waals surface area contributed by atoms with Gasteiger partial charge >= 0.3 is 0 Å². The minimum atomic E-state index is -1.24. The first kappa shape index (κ1) is 12.4. The molecule has 0 saturated carbocycles. The highest BCUT2D eigenvalue weighted by Gasteiger charge is 2.50. The predicted octanol–water partition coefficient (Wildman–Crippen LogP) is -1.50. The Morgan fingerprint density at radius 1 is 1.47 bits per heavy atom.